The number of hydrogen-bond donors (Lipinski definition) is 2. The third-order valence-electron chi connectivity index (χ3n) is 4.60. The molecule has 1 aromatic heterocycles. The van der Waals surface area contributed by atoms with Crippen LogP contribution in [0, 0.1) is 0 Å². The average molecular weight is 444 g/mol. The first-order valence-electron chi connectivity index (χ1n) is 9.35. The Kier molecular flexibility index (Phi) is 6.52. The summed E-state index contributed by atoms with van der Waals surface area (Å²) in [6.07, 6.45) is 5.10. The minimum atomic E-state index is -0.743. The zero-order chi connectivity index (χ0) is 20.1. The van der Waals surface area contributed by atoms with Crippen molar-refractivity contribution in [1.82, 2.24) is 0 Å². The van der Waals surface area contributed by atoms with Crippen LogP contribution in [0.5, 0.6) is 5.75 Å². The highest BCUT2D eigenvalue weighted by molar-refractivity contribution is 9.10. The molecule has 0 fully saturated rings. The highest BCUT2D eigenvalue weighted by atomic mass is 79.9. The summed E-state index contributed by atoms with van der Waals surface area (Å²) in [7, 11) is 0. The maximum atomic E-state index is 12.6. The van der Waals surface area contributed by atoms with Crippen molar-refractivity contribution in [2.45, 2.75) is 39.0 Å². The minimum absolute atomic E-state index is 0.0779. The molecular formula is C22H22BrNO4. The summed E-state index contributed by atoms with van der Waals surface area (Å²) in [4.78, 5) is 24.9. The van der Waals surface area contributed by atoms with Gasteiger partial charge < -0.3 is 14.8 Å². The van der Waals surface area contributed by atoms with Gasteiger partial charge in [-0.1, -0.05) is 38.3 Å². The number of hydrogen-bond acceptors (Lipinski definition) is 4. The molecule has 0 radical (unpaired) electrons. The second kappa shape index (κ2) is 9.06. The molecule has 3 aromatic rings. The molecule has 0 aliphatic carbocycles. The summed E-state index contributed by atoms with van der Waals surface area (Å²) < 4.78 is 5.99. The number of nitrogens with one attached hydrogen (secondary N) is 1. The smallest absolute Gasteiger partial charge is 0.349 e. The molecule has 0 aliphatic heterocycles. The number of phenols is 1. The van der Waals surface area contributed by atoms with E-state index in [0.29, 0.717) is 15.5 Å². The maximum absolute atomic E-state index is 12.6. The van der Waals surface area contributed by atoms with E-state index >= 15 is 0 Å². The van der Waals surface area contributed by atoms with Gasteiger partial charge in [-0.15, -0.1) is 0 Å². The number of carbonyl (C=O) groups excluding carboxylic acids is 1. The Morgan fingerprint density at radius 2 is 1.93 bits per heavy atom. The van der Waals surface area contributed by atoms with Crippen LogP contribution in [0.4, 0.5) is 5.69 Å². The molecule has 2 aromatic carbocycles. The SMILES string of the molecule is CCCCCCc1cc2cc(C(=O)Nc3ccccc3Br)c(=O)oc2cc1O. The molecule has 5 nitrogen and oxygen atoms in total. The molecule has 28 heavy (non-hydrogen) atoms. The lowest BCUT2D eigenvalue weighted by Gasteiger charge is -2.09. The number of para-hydroxylation sites is 1. The van der Waals surface area contributed by atoms with Crippen LogP contribution >= 0.6 is 15.9 Å². The van der Waals surface area contributed by atoms with Crippen molar-refractivity contribution in [1.29, 1.82) is 0 Å². The number of halogens is 1. The molecule has 0 saturated carbocycles. The van der Waals surface area contributed by atoms with Gasteiger partial charge in [-0.3, -0.25) is 4.79 Å². The van der Waals surface area contributed by atoms with Crippen LogP contribution in [-0.2, 0) is 6.42 Å². The van der Waals surface area contributed by atoms with Crippen molar-refractivity contribution in [3.8, 4) is 5.75 Å². The molecule has 0 atom stereocenters. The van der Waals surface area contributed by atoms with Gasteiger partial charge in [0.2, 0.25) is 0 Å². The summed E-state index contributed by atoms with van der Waals surface area (Å²) in [5.74, 6) is -0.433. The monoisotopic (exact) mass is 443 g/mol. The Labute approximate surface area is 171 Å². The highest BCUT2D eigenvalue weighted by Gasteiger charge is 2.16. The number of carbonyl (C=O) groups is 1. The fourth-order valence-corrected chi connectivity index (χ4v) is 3.44. The Morgan fingerprint density at radius 3 is 2.68 bits per heavy atom. The fourth-order valence-electron chi connectivity index (χ4n) is 3.06. The van der Waals surface area contributed by atoms with Gasteiger partial charge in [0.1, 0.15) is 16.9 Å². The van der Waals surface area contributed by atoms with Crippen LogP contribution < -0.4 is 10.9 Å². The second-order valence-corrected chi connectivity index (χ2v) is 7.57. The van der Waals surface area contributed by atoms with Gasteiger partial charge >= 0.3 is 5.63 Å². The zero-order valence-corrected chi connectivity index (χ0v) is 17.2. The first-order chi connectivity index (χ1) is 13.5. The van der Waals surface area contributed by atoms with Crippen molar-refractivity contribution in [2.24, 2.45) is 0 Å². The standard InChI is InChI=1S/C22H22BrNO4/c1-2-3-4-5-8-14-11-15-12-16(22(27)28-20(15)13-19(14)25)21(26)24-18-10-7-6-9-17(18)23/h6-7,9-13,25H,2-5,8H2,1H3,(H,24,26). The molecule has 0 bridgehead atoms. The Balaban J connectivity index is 1.89. The predicted octanol–water partition coefficient (Wildman–Crippen LogP) is 5.64. The molecule has 0 unspecified atom stereocenters. The van der Waals surface area contributed by atoms with Crippen LogP contribution in [0.15, 0.2) is 56.1 Å². The van der Waals surface area contributed by atoms with E-state index in [9.17, 15) is 14.7 Å². The van der Waals surface area contributed by atoms with E-state index < -0.39 is 11.5 Å². The van der Waals surface area contributed by atoms with E-state index in [0.717, 1.165) is 37.7 Å². The molecule has 0 aliphatic rings. The lowest BCUT2D eigenvalue weighted by atomic mass is 10.0. The first-order valence-corrected chi connectivity index (χ1v) is 10.1. The molecule has 2 N–H and O–H groups in total. The van der Waals surface area contributed by atoms with Gasteiger partial charge in [0, 0.05) is 15.9 Å². The number of aryl methyl sites for hydroxylation is 1. The molecule has 0 spiro atoms. The number of fused-ring (bicyclic) bond motifs is 1. The van der Waals surface area contributed by atoms with Gasteiger partial charge in [-0.05, 0) is 58.6 Å². The number of unbranched alkanes of at least 4 members (excludes halogenated alkanes) is 3. The second-order valence-electron chi connectivity index (χ2n) is 6.71. The van der Waals surface area contributed by atoms with E-state index in [1.54, 1.807) is 24.3 Å². The lowest BCUT2D eigenvalue weighted by Crippen LogP contribution is -2.20. The number of aromatic hydroxyl groups is 1. The van der Waals surface area contributed by atoms with Gasteiger partial charge in [-0.25, -0.2) is 4.79 Å². The van der Waals surface area contributed by atoms with Crippen molar-refractivity contribution in [3.05, 3.63) is 68.5 Å². The summed E-state index contributed by atoms with van der Waals surface area (Å²) >= 11 is 3.36. The molecule has 6 heteroatoms. The van der Waals surface area contributed by atoms with Gasteiger partial charge in [0.25, 0.3) is 5.91 Å². The van der Waals surface area contributed by atoms with Crippen molar-refractivity contribution >= 4 is 38.5 Å². The summed E-state index contributed by atoms with van der Waals surface area (Å²) in [5, 5.41) is 13.5. The lowest BCUT2D eigenvalue weighted by molar-refractivity contribution is 0.102. The number of anilines is 1. The Hall–Kier alpha value is -2.60. The van der Waals surface area contributed by atoms with Gasteiger partial charge in [0.15, 0.2) is 0 Å². The number of amides is 1. The Bertz CT molecular complexity index is 1060. The zero-order valence-electron chi connectivity index (χ0n) is 15.6. The topological polar surface area (TPSA) is 79.5 Å². The quantitative estimate of drug-likeness (QED) is 0.365. The predicted molar refractivity (Wildman–Crippen MR) is 114 cm³/mol. The summed E-state index contributed by atoms with van der Waals surface area (Å²) in [6, 6.07) is 11.9. The third kappa shape index (κ3) is 4.62. The van der Waals surface area contributed by atoms with E-state index in [2.05, 4.69) is 28.2 Å². The van der Waals surface area contributed by atoms with E-state index in [1.807, 2.05) is 6.07 Å². The molecule has 146 valence electrons. The minimum Gasteiger partial charge on any atom is -0.508 e. The average Bonchev–Trinajstić information content (AvgIpc) is 2.67. The molecule has 0 saturated heterocycles. The summed E-state index contributed by atoms with van der Waals surface area (Å²) in [6.45, 7) is 2.15. The Morgan fingerprint density at radius 1 is 1.14 bits per heavy atom. The third-order valence-corrected chi connectivity index (χ3v) is 5.29. The van der Waals surface area contributed by atoms with Crippen LogP contribution in [0.3, 0.4) is 0 Å². The molecule has 3 rings (SSSR count). The maximum Gasteiger partial charge on any atom is 0.349 e. The van der Waals surface area contributed by atoms with E-state index in [4.69, 9.17) is 4.42 Å². The molecule has 1 amide bonds. The van der Waals surface area contributed by atoms with Gasteiger partial charge in [0.05, 0.1) is 5.69 Å². The first kappa shape index (κ1) is 20.1. The number of phenolic OH excluding ortho intramolecular Hbond substituents is 1. The van der Waals surface area contributed by atoms with E-state index in [-0.39, 0.29) is 16.9 Å². The van der Waals surface area contributed by atoms with Crippen molar-refractivity contribution in [3.63, 3.8) is 0 Å². The van der Waals surface area contributed by atoms with Gasteiger partial charge in [-0.2, -0.15) is 0 Å². The summed E-state index contributed by atoms with van der Waals surface area (Å²) in [5.41, 5.74) is 0.791. The van der Waals surface area contributed by atoms with Crippen LogP contribution in [0.25, 0.3) is 11.0 Å². The largest absolute Gasteiger partial charge is 0.508 e. The van der Waals surface area contributed by atoms with Crippen LogP contribution in [0.2, 0.25) is 0 Å². The van der Waals surface area contributed by atoms with Crippen molar-refractivity contribution < 1.29 is 14.3 Å². The fraction of sp³-hybridized carbons (Fsp3) is 0.273. The van der Waals surface area contributed by atoms with Crippen LogP contribution in [0.1, 0.15) is 48.5 Å². The number of rotatable bonds is 7. The van der Waals surface area contributed by atoms with Crippen molar-refractivity contribution in [2.75, 3.05) is 5.32 Å². The normalized spacial score (nSPS) is 10.9. The highest BCUT2D eigenvalue weighted by Crippen LogP contribution is 2.27. The van der Waals surface area contributed by atoms with Crippen LogP contribution in [-0.4, -0.2) is 11.0 Å². The number of benzene rings is 2. The molecule has 1 heterocycles. The van der Waals surface area contributed by atoms with E-state index in [1.165, 1.54) is 12.1 Å². The molecular weight excluding hydrogens is 422 g/mol.